The molecule has 0 atom stereocenters. The second-order valence-electron chi connectivity index (χ2n) is 5.80. The van der Waals surface area contributed by atoms with Gasteiger partial charge in [0.1, 0.15) is 5.75 Å². The average molecular weight is 336 g/mol. The first-order valence-corrected chi connectivity index (χ1v) is 8.18. The molecule has 2 N–H and O–H groups in total. The van der Waals surface area contributed by atoms with Crippen LogP contribution in [0.3, 0.4) is 0 Å². The van der Waals surface area contributed by atoms with Crippen LogP contribution in [0.2, 0.25) is 0 Å². The number of carbonyl (C=O) groups excluding carboxylic acids is 1. The Hall–Kier alpha value is -3.08. The van der Waals surface area contributed by atoms with Gasteiger partial charge in [-0.3, -0.25) is 9.59 Å². The molecule has 0 aliphatic carbocycles. The molecule has 5 heteroatoms. The van der Waals surface area contributed by atoms with Crippen molar-refractivity contribution in [3.8, 4) is 5.75 Å². The Bertz CT molecular complexity index is 976. The maximum absolute atomic E-state index is 12.1. The van der Waals surface area contributed by atoms with Crippen LogP contribution in [0.15, 0.2) is 53.5 Å². The molecule has 0 aliphatic rings. The van der Waals surface area contributed by atoms with Crippen molar-refractivity contribution in [3.63, 3.8) is 0 Å². The largest absolute Gasteiger partial charge is 0.496 e. The van der Waals surface area contributed by atoms with Gasteiger partial charge in [-0.05, 0) is 41.8 Å². The number of nitrogens with one attached hydrogen (secondary N) is 2. The zero-order valence-corrected chi connectivity index (χ0v) is 14.3. The van der Waals surface area contributed by atoms with Crippen LogP contribution in [0.5, 0.6) is 5.75 Å². The van der Waals surface area contributed by atoms with E-state index in [1.54, 1.807) is 25.4 Å². The van der Waals surface area contributed by atoms with E-state index in [1.165, 1.54) is 0 Å². The van der Waals surface area contributed by atoms with Crippen molar-refractivity contribution in [1.82, 2.24) is 4.98 Å². The summed E-state index contributed by atoms with van der Waals surface area (Å²) < 4.78 is 5.44. The summed E-state index contributed by atoms with van der Waals surface area (Å²) in [6, 6.07) is 13.2. The Kier molecular flexibility index (Phi) is 4.84. The second kappa shape index (κ2) is 7.21. The SMILES string of the molecule is CCC(=O)Nc1cccc(Cc2c[nH]c(=O)c3cccc(OC)c23)c1. The number of rotatable bonds is 5. The first kappa shape index (κ1) is 16.8. The molecule has 0 aliphatic heterocycles. The topological polar surface area (TPSA) is 71.2 Å². The number of H-pyrrole nitrogens is 1. The number of methoxy groups -OCH3 is 1. The van der Waals surface area contributed by atoms with Crippen molar-refractivity contribution in [3.05, 3.63) is 70.1 Å². The van der Waals surface area contributed by atoms with Crippen molar-refractivity contribution in [1.29, 1.82) is 0 Å². The van der Waals surface area contributed by atoms with Gasteiger partial charge in [0.15, 0.2) is 0 Å². The second-order valence-corrected chi connectivity index (χ2v) is 5.80. The monoisotopic (exact) mass is 336 g/mol. The molecule has 0 fully saturated rings. The number of hydrogen-bond donors (Lipinski definition) is 2. The van der Waals surface area contributed by atoms with Crippen LogP contribution in [-0.2, 0) is 11.2 Å². The van der Waals surface area contributed by atoms with Crippen molar-refractivity contribution in [2.45, 2.75) is 19.8 Å². The molecular formula is C20H20N2O3. The first-order chi connectivity index (χ1) is 12.1. The maximum atomic E-state index is 12.1. The van der Waals surface area contributed by atoms with E-state index in [2.05, 4.69) is 10.3 Å². The Balaban J connectivity index is 2.01. The van der Waals surface area contributed by atoms with Gasteiger partial charge in [0.2, 0.25) is 5.91 Å². The Morgan fingerprint density at radius 1 is 1.20 bits per heavy atom. The molecule has 2 aromatic carbocycles. The van der Waals surface area contributed by atoms with Gasteiger partial charge >= 0.3 is 0 Å². The summed E-state index contributed by atoms with van der Waals surface area (Å²) in [5.74, 6) is 0.655. The van der Waals surface area contributed by atoms with Crippen LogP contribution >= 0.6 is 0 Å². The molecule has 128 valence electrons. The van der Waals surface area contributed by atoms with Crippen LogP contribution in [-0.4, -0.2) is 18.0 Å². The molecule has 1 heterocycles. The molecule has 0 saturated carbocycles. The fourth-order valence-electron chi connectivity index (χ4n) is 2.89. The minimum Gasteiger partial charge on any atom is -0.496 e. The summed E-state index contributed by atoms with van der Waals surface area (Å²) in [5.41, 5.74) is 2.63. The predicted octanol–water partition coefficient (Wildman–Crippen LogP) is 3.48. The van der Waals surface area contributed by atoms with Crippen molar-refractivity contribution >= 4 is 22.4 Å². The number of aromatic amines is 1. The lowest BCUT2D eigenvalue weighted by molar-refractivity contribution is -0.115. The fraction of sp³-hybridized carbons (Fsp3) is 0.200. The van der Waals surface area contributed by atoms with E-state index in [1.807, 2.05) is 37.3 Å². The summed E-state index contributed by atoms with van der Waals surface area (Å²) in [6.45, 7) is 1.82. The lowest BCUT2D eigenvalue weighted by Crippen LogP contribution is -2.10. The van der Waals surface area contributed by atoms with Crippen LogP contribution in [0, 0.1) is 0 Å². The number of anilines is 1. The molecule has 0 spiro atoms. The molecule has 0 saturated heterocycles. The summed E-state index contributed by atoms with van der Waals surface area (Å²) >= 11 is 0. The number of aromatic nitrogens is 1. The van der Waals surface area contributed by atoms with E-state index in [9.17, 15) is 9.59 Å². The standard InChI is InChI=1S/C20H20N2O3/c1-3-18(23)22-15-7-4-6-13(11-15)10-14-12-21-20(24)16-8-5-9-17(25-2)19(14)16/h4-9,11-12H,3,10H2,1-2H3,(H,21,24)(H,22,23). The molecule has 3 aromatic rings. The highest BCUT2D eigenvalue weighted by Gasteiger charge is 2.11. The van der Waals surface area contributed by atoms with Crippen LogP contribution in [0.4, 0.5) is 5.69 Å². The molecule has 5 nitrogen and oxygen atoms in total. The third kappa shape index (κ3) is 3.55. The van der Waals surface area contributed by atoms with Crippen LogP contribution < -0.4 is 15.6 Å². The highest BCUT2D eigenvalue weighted by atomic mass is 16.5. The van der Waals surface area contributed by atoms with Gasteiger partial charge in [-0.25, -0.2) is 0 Å². The van der Waals surface area contributed by atoms with E-state index < -0.39 is 0 Å². The van der Waals surface area contributed by atoms with Gasteiger partial charge < -0.3 is 15.0 Å². The van der Waals surface area contributed by atoms with Crippen molar-refractivity contribution in [2.75, 3.05) is 12.4 Å². The summed E-state index contributed by atoms with van der Waals surface area (Å²) in [7, 11) is 1.60. The summed E-state index contributed by atoms with van der Waals surface area (Å²) in [5, 5.41) is 4.29. The fourth-order valence-corrected chi connectivity index (χ4v) is 2.89. The van der Waals surface area contributed by atoms with Crippen molar-refractivity contribution < 1.29 is 9.53 Å². The molecule has 3 rings (SSSR count). The molecular weight excluding hydrogens is 316 g/mol. The predicted molar refractivity (Wildman–Crippen MR) is 99.3 cm³/mol. The van der Waals surface area contributed by atoms with Crippen LogP contribution in [0.1, 0.15) is 24.5 Å². The van der Waals surface area contributed by atoms with E-state index >= 15 is 0 Å². The number of carbonyl (C=O) groups is 1. The summed E-state index contributed by atoms with van der Waals surface area (Å²) in [4.78, 5) is 26.5. The number of benzene rings is 2. The van der Waals surface area contributed by atoms with E-state index in [-0.39, 0.29) is 11.5 Å². The smallest absolute Gasteiger partial charge is 0.255 e. The molecule has 0 radical (unpaired) electrons. The zero-order chi connectivity index (χ0) is 17.8. The van der Waals surface area contributed by atoms with Crippen molar-refractivity contribution in [2.24, 2.45) is 0 Å². The van der Waals surface area contributed by atoms with Gasteiger partial charge in [-0.15, -0.1) is 0 Å². The number of hydrogen-bond acceptors (Lipinski definition) is 3. The highest BCUT2D eigenvalue weighted by Crippen LogP contribution is 2.28. The van der Waals surface area contributed by atoms with Gasteiger partial charge in [-0.1, -0.05) is 25.1 Å². The number of amides is 1. The van der Waals surface area contributed by atoms with E-state index in [0.717, 1.165) is 22.2 Å². The molecule has 1 amide bonds. The van der Waals surface area contributed by atoms with Gasteiger partial charge in [-0.2, -0.15) is 0 Å². The van der Waals surface area contributed by atoms with E-state index in [4.69, 9.17) is 4.74 Å². The third-order valence-electron chi connectivity index (χ3n) is 4.12. The zero-order valence-electron chi connectivity index (χ0n) is 14.3. The van der Waals surface area contributed by atoms with Crippen LogP contribution in [0.25, 0.3) is 10.8 Å². The third-order valence-corrected chi connectivity index (χ3v) is 4.12. The average Bonchev–Trinajstić information content (AvgIpc) is 2.64. The van der Waals surface area contributed by atoms with Gasteiger partial charge in [0.05, 0.1) is 12.5 Å². The molecule has 0 unspecified atom stereocenters. The Labute approximate surface area is 145 Å². The highest BCUT2D eigenvalue weighted by molar-refractivity contribution is 5.91. The first-order valence-electron chi connectivity index (χ1n) is 8.18. The normalized spacial score (nSPS) is 10.6. The van der Waals surface area contributed by atoms with Gasteiger partial charge in [0, 0.05) is 23.7 Å². The Morgan fingerprint density at radius 2 is 2.00 bits per heavy atom. The van der Waals surface area contributed by atoms with E-state index in [0.29, 0.717) is 24.0 Å². The maximum Gasteiger partial charge on any atom is 0.255 e. The lowest BCUT2D eigenvalue weighted by atomic mass is 10.00. The van der Waals surface area contributed by atoms with Gasteiger partial charge in [0.25, 0.3) is 5.56 Å². The number of fused-ring (bicyclic) bond motifs is 1. The quantitative estimate of drug-likeness (QED) is 0.749. The Morgan fingerprint density at radius 3 is 2.76 bits per heavy atom. The number of pyridine rings is 1. The minimum absolute atomic E-state index is 0.0201. The molecule has 0 bridgehead atoms. The molecule has 25 heavy (non-hydrogen) atoms. The molecule has 1 aromatic heterocycles. The summed E-state index contributed by atoms with van der Waals surface area (Å²) in [6.07, 6.45) is 2.78. The minimum atomic E-state index is -0.137. The number of ether oxygens (including phenoxy) is 1. The lowest BCUT2D eigenvalue weighted by Gasteiger charge is -2.11.